The van der Waals surface area contributed by atoms with Crippen LogP contribution in [0.3, 0.4) is 0 Å². The smallest absolute Gasteiger partial charge is 0.283 e. The van der Waals surface area contributed by atoms with E-state index in [2.05, 4.69) is 0 Å². The molecule has 3 aromatic rings. The molecule has 0 fully saturated rings. The zero-order valence-electron chi connectivity index (χ0n) is 14.3. The zero-order chi connectivity index (χ0) is 21.6. The number of aromatic hydroxyl groups is 2. The third-order valence-electron chi connectivity index (χ3n) is 4.35. The highest BCUT2D eigenvalue weighted by molar-refractivity contribution is 7.87. The Hall–Kier alpha value is -1.67. The molecule has 5 nitrogen and oxygen atoms in total. The second-order valence-electron chi connectivity index (χ2n) is 6.12. The summed E-state index contributed by atoms with van der Waals surface area (Å²) >= 11 is 24.5. The highest BCUT2D eigenvalue weighted by atomic mass is 35.5. The van der Waals surface area contributed by atoms with Crippen LogP contribution < -0.4 is 0 Å². The Morgan fingerprint density at radius 2 is 1.48 bits per heavy atom. The van der Waals surface area contributed by atoms with Gasteiger partial charge in [0.25, 0.3) is 10.1 Å². The Balaban J connectivity index is 2.63. The van der Waals surface area contributed by atoms with Crippen LogP contribution in [0.15, 0.2) is 54.6 Å². The Morgan fingerprint density at radius 1 is 0.793 bits per heavy atom. The van der Waals surface area contributed by atoms with Gasteiger partial charge in [0, 0.05) is 21.2 Å². The van der Waals surface area contributed by atoms with Crippen LogP contribution in [-0.2, 0) is 14.9 Å². The summed E-state index contributed by atoms with van der Waals surface area (Å²) in [6, 6.07) is 11.3. The van der Waals surface area contributed by atoms with Crippen LogP contribution in [0.25, 0.3) is 0 Å². The van der Waals surface area contributed by atoms with Crippen LogP contribution in [0.5, 0.6) is 11.5 Å². The van der Waals surface area contributed by atoms with E-state index in [1.165, 1.54) is 42.5 Å². The van der Waals surface area contributed by atoms with Crippen molar-refractivity contribution >= 4 is 56.5 Å². The Morgan fingerprint density at radius 3 is 2.07 bits per heavy atom. The van der Waals surface area contributed by atoms with E-state index in [1.807, 2.05) is 0 Å². The maximum atomic E-state index is 13.0. The lowest BCUT2D eigenvalue weighted by Gasteiger charge is -2.34. The molecular formula is C19H12Cl4O5S. The number of hydrogen-bond acceptors (Lipinski definition) is 4. The van der Waals surface area contributed by atoms with Crippen molar-refractivity contribution in [1.82, 2.24) is 0 Å². The Labute approximate surface area is 186 Å². The molecule has 0 aliphatic rings. The van der Waals surface area contributed by atoms with Crippen LogP contribution in [0.4, 0.5) is 0 Å². The first kappa shape index (κ1) is 22.0. The van der Waals surface area contributed by atoms with Crippen molar-refractivity contribution < 1.29 is 23.2 Å². The highest BCUT2D eigenvalue weighted by Crippen LogP contribution is 2.51. The van der Waals surface area contributed by atoms with Gasteiger partial charge in [0.2, 0.25) is 0 Å². The molecule has 29 heavy (non-hydrogen) atoms. The quantitative estimate of drug-likeness (QED) is 0.239. The summed E-state index contributed by atoms with van der Waals surface area (Å²) in [5.41, 5.74) is -0.601. The van der Waals surface area contributed by atoms with Crippen molar-refractivity contribution in [3.05, 3.63) is 91.4 Å². The predicted molar refractivity (Wildman–Crippen MR) is 114 cm³/mol. The van der Waals surface area contributed by atoms with E-state index >= 15 is 0 Å². The monoisotopic (exact) mass is 492 g/mol. The molecule has 0 aliphatic heterocycles. The van der Waals surface area contributed by atoms with Crippen LogP contribution >= 0.6 is 46.4 Å². The van der Waals surface area contributed by atoms with Gasteiger partial charge in [-0.1, -0.05) is 64.6 Å². The first-order valence-electron chi connectivity index (χ1n) is 7.89. The second-order valence-corrected chi connectivity index (χ2v) is 9.34. The van der Waals surface area contributed by atoms with Gasteiger partial charge in [0.05, 0.1) is 10.0 Å². The molecule has 3 rings (SSSR count). The molecule has 0 heterocycles. The molecule has 1 unspecified atom stereocenters. The molecule has 3 N–H and O–H groups in total. The van der Waals surface area contributed by atoms with Crippen LogP contribution in [0.2, 0.25) is 20.1 Å². The number of benzene rings is 3. The average Bonchev–Trinajstić information content (AvgIpc) is 2.60. The van der Waals surface area contributed by atoms with Crippen LogP contribution in [-0.4, -0.2) is 23.2 Å². The topological polar surface area (TPSA) is 94.8 Å². The second kappa shape index (κ2) is 7.87. The third-order valence-corrected chi connectivity index (χ3v) is 7.06. The molecular weight excluding hydrogens is 482 g/mol. The van der Waals surface area contributed by atoms with Gasteiger partial charge in [-0.3, -0.25) is 4.55 Å². The lowest BCUT2D eigenvalue weighted by atomic mass is 9.83. The van der Waals surface area contributed by atoms with Crippen molar-refractivity contribution in [2.45, 2.75) is 4.75 Å². The van der Waals surface area contributed by atoms with Gasteiger partial charge in [0.15, 0.2) is 4.75 Å². The summed E-state index contributed by atoms with van der Waals surface area (Å²) in [4.78, 5) is 0. The summed E-state index contributed by atoms with van der Waals surface area (Å²) in [6.45, 7) is 0. The lowest BCUT2D eigenvalue weighted by molar-refractivity contribution is 0.439. The molecule has 0 bridgehead atoms. The maximum Gasteiger partial charge on any atom is 0.283 e. The van der Waals surface area contributed by atoms with Gasteiger partial charge < -0.3 is 10.2 Å². The number of rotatable bonds is 4. The van der Waals surface area contributed by atoms with Crippen molar-refractivity contribution in [3.63, 3.8) is 0 Å². The lowest BCUT2D eigenvalue weighted by Crippen LogP contribution is -2.38. The number of phenols is 2. The number of phenolic OH excluding ortho intramolecular Hbond substituents is 2. The fourth-order valence-corrected chi connectivity index (χ4v) is 5.50. The zero-order valence-corrected chi connectivity index (χ0v) is 18.1. The molecule has 0 saturated carbocycles. The van der Waals surface area contributed by atoms with Gasteiger partial charge in [-0.05, 0) is 42.0 Å². The number of hydrogen-bond donors (Lipinski definition) is 3. The van der Waals surface area contributed by atoms with Gasteiger partial charge in [-0.15, -0.1) is 0 Å². The Kier molecular flexibility index (Phi) is 5.98. The van der Waals surface area contributed by atoms with E-state index in [4.69, 9.17) is 46.4 Å². The standard InChI is InChI=1S/C19H12Cl4O5S/c20-11-4-5-14(17(25)9-11)19(29(26,27)28,10-2-1-3-13(24)6-10)15-7-12(21)8-16(22)18(15)23/h1-9,24-25H,(H,26,27,28). The fourth-order valence-electron chi connectivity index (χ4n) is 3.22. The highest BCUT2D eigenvalue weighted by Gasteiger charge is 2.51. The average molecular weight is 494 g/mol. The molecule has 0 saturated heterocycles. The van der Waals surface area contributed by atoms with Gasteiger partial charge in [-0.2, -0.15) is 8.42 Å². The molecule has 152 valence electrons. The normalized spacial score (nSPS) is 13.8. The molecule has 10 heteroatoms. The van der Waals surface area contributed by atoms with Crippen molar-refractivity contribution in [2.75, 3.05) is 0 Å². The van der Waals surface area contributed by atoms with Gasteiger partial charge >= 0.3 is 0 Å². The minimum absolute atomic E-state index is 0.0380. The van der Waals surface area contributed by atoms with E-state index in [-0.39, 0.29) is 42.5 Å². The third kappa shape index (κ3) is 3.77. The maximum absolute atomic E-state index is 13.0. The van der Waals surface area contributed by atoms with E-state index in [0.717, 1.165) is 12.1 Å². The molecule has 1 atom stereocenters. The summed E-state index contributed by atoms with van der Waals surface area (Å²) in [5, 5.41) is 20.4. The van der Waals surface area contributed by atoms with Crippen molar-refractivity contribution in [1.29, 1.82) is 0 Å². The van der Waals surface area contributed by atoms with Crippen LogP contribution in [0, 0.1) is 0 Å². The largest absolute Gasteiger partial charge is 0.508 e. The Bertz CT molecular complexity index is 1210. The summed E-state index contributed by atoms with van der Waals surface area (Å²) in [5.74, 6) is -0.821. The molecule has 0 aromatic heterocycles. The SMILES string of the molecule is O=S(=O)(O)C(c1cccc(O)c1)(c1ccc(Cl)cc1O)c1cc(Cl)cc(Cl)c1Cl. The minimum Gasteiger partial charge on any atom is -0.508 e. The molecule has 0 radical (unpaired) electrons. The van der Waals surface area contributed by atoms with Gasteiger partial charge in [0.1, 0.15) is 11.5 Å². The van der Waals surface area contributed by atoms with Gasteiger partial charge in [-0.25, -0.2) is 0 Å². The van der Waals surface area contributed by atoms with Crippen LogP contribution in [0.1, 0.15) is 16.7 Å². The fraction of sp³-hybridized carbons (Fsp3) is 0.0526. The minimum atomic E-state index is -5.11. The number of halogens is 4. The molecule has 3 aromatic carbocycles. The van der Waals surface area contributed by atoms with E-state index in [1.54, 1.807) is 0 Å². The van der Waals surface area contributed by atoms with Crippen molar-refractivity contribution in [2.24, 2.45) is 0 Å². The molecule has 0 spiro atoms. The summed E-state index contributed by atoms with van der Waals surface area (Å²) in [7, 11) is -5.11. The molecule has 0 aliphatic carbocycles. The van der Waals surface area contributed by atoms with E-state index in [9.17, 15) is 23.2 Å². The predicted octanol–water partition coefficient (Wildman–Crippen LogP) is 5.89. The summed E-state index contributed by atoms with van der Waals surface area (Å²) in [6.07, 6.45) is 0. The summed E-state index contributed by atoms with van der Waals surface area (Å²) < 4.78 is 33.9. The van der Waals surface area contributed by atoms with Crippen molar-refractivity contribution in [3.8, 4) is 11.5 Å². The van der Waals surface area contributed by atoms with E-state index in [0.29, 0.717) is 0 Å². The van der Waals surface area contributed by atoms with E-state index < -0.39 is 20.6 Å². The first-order valence-corrected chi connectivity index (χ1v) is 10.8. The molecule has 0 amide bonds. The first-order chi connectivity index (χ1) is 13.5.